The highest BCUT2D eigenvalue weighted by Crippen LogP contribution is 2.14. The van der Waals surface area contributed by atoms with Gasteiger partial charge in [0.25, 0.3) is 0 Å². The predicted octanol–water partition coefficient (Wildman–Crippen LogP) is 0.0878. The van der Waals surface area contributed by atoms with E-state index in [4.69, 9.17) is 0 Å². The first-order valence-electron chi connectivity index (χ1n) is 5.77. The number of rotatable bonds is 7. The van der Waals surface area contributed by atoms with Crippen LogP contribution in [0.1, 0.15) is 20.8 Å². The molecule has 0 rings (SSSR count). The summed E-state index contributed by atoms with van der Waals surface area (Å²) in [5.74, 6) is -0.615. The van der Waals surface area contributed by atoms with Gasteiger partial charge in [-0.2, -0.15) is 0 Å². The van der Waals surface area contributed by atoms with Crippen molar-refractivity contribution in [1.29, 1.82) is 0 Å². The number of methoxy groups -OCH3 is 1. The van der Waals surface area contributed by atoms with E-state index in [2.05, 4.69) is 28.8 Å². The van der Waals surface area contributed by atoms with Crippen LogP contribution in [-0.2, 0) is 9.53 Å². The van der Waals surface area contributed by atoms with Crippen molar-refractivity contribution in [3.8, 4) is 0 Å². The Morgan fingerprint density at radius 3 is 2.24 bits per heavy atom. The van der Waals surface area contributed by atoms with Crippen LogP contribution in [0.4, 0.5) is 0 Å². The smallest absolute Gasteiger partial charge is 0.338 e. The summed E-state index contributed by atoms with van der Waals surface area (Å²) in [6, 6.07) is 0. The molecular weight excluding hydrogens is 220 g/mol. The average molecular weight is 246 g/mol. The van der Waals surface area contributed by atoms with Gasteiger partial charge in [0.2, 0.25) is 0 Å². The van der Waals surface area contributed by atoms with E-state index in [0.29, 0.717) is 0 Å². The fourth-order valence-electron chi connectivity index (χ4n) is 1.85. The monoisotopic (exact) mass is 246 g/mol. The van der Waals surface area contributed by atoms with Crippen LogP contribution in [0.15, 0.2) is 0 Å². The van der Waals surface area contributed by atoms with Gasteiger partial charge in [0, 0.05) is 19.6 Å². The van der Waals surface area contributed by atoms with Gasteiger partial charge in [-0.25, -0.2) is 4.79 Å². The molecule has 0 aromatic carbocycles. The number of nitrogens with one attached hydrogen (secondary N) is 1. The van der Waals surface area contributed by atoms with Gasteiger partial charge in [-0.1, -0.05) is 13.8 Å². The fraction of sp³-hybridized carbons (Fsp3) is 0.917. The number of carbonyl (C=O) groups is 1. The maximum Gasteiger partial charge on any atom is 0.338 e. The van der Waals surface area contributed by atoms with Crippen LogP contribution in [0.5, 0.6) is 0 Å². The lowest BCUT2D eigenvalue weighted by Crippen LogP contribution is -2.48. The van der Waals surface area contributed by atoms with Crippen molar-refractivity contribution in [1.82, 2.24) is 10.2 Å². The third-order valence-electron chi connectivity index (χ3n) is 2.44. The molecule has 0 aromatic heterocycles. The van der Waals surface area contributed by atoms with Crippen molar-refractivity contribution in [2.45, 2.75) is 26.4 Å². The molecule has 102 valence electrons. The van der Waals surface area contributed by atoms with Crippen molar-refractivity contribution < 1.29 is 14.6 Å². The van der Waals surface area contributed by atoms with Gasteiger partial charge in [-0.3, -0.25) is 0 Å². The Morgan fingerprint density at radius 2 is 1.82 bits per heavy atom. The molecule has 0 aliphatic heterocycles. The molecule has 5 heteroatoms. The molecule has 0 heterocycles. The Bertz CT molecular complexity index is 250. The third-order valence-corrected chi connectivity index (χ3v) is 2.44. The van der Waals surface area contributed by atoms with Crippen LogP contribution < -0.4 is 5.32 Å². The summed E-state index contributed by atoms with van der Waals surface area (Å²) in [6.45, 7) is 7.56. The van der Waals surface area contributed by atoms with Gasteiger partial charge in [-0.05, 0) is 26.4 Å². The second-order valence-electron chi connectivity index (χ2n) is 5.77. The zero-order chi connectivity index (χ0) is 13.7. The average Bonchev–Trinajstić information content (AvgIpc) is 2.13. The van der Waals surface area contributed by atoms with Gasteiger partial charge in [0.15, 0.2) is 5.60 Å². The molecule has 0 aliphatic rings. The van der Waals surface area contributed by atoms with Crippen LogP contribution in [0.2, 0.25) is 0 Å². The molecule has 0 radical (unpaired) electrons. The third kappa shape index (κ3) is 6.61. The van der Waals surface area contributed by atoms with Crippen LogP contribution in [0, 0.1) is 5.41 Å². The van der Waals surface area contributed by atoms with Crippen LogP contribution >= 0.6 is 0 Å². The molecule has 0 saturated carbocycles. The van der Waals surface area contributed by atoms with Crippen molar-refractivity contribution in [3.63, 3.8) is 0 Å². The molecule has 5 nitrogen and oxygen atoms in total. The molecule has 17 heavy (non-hydrogen) atoms. The second-order valence-corrected chi connectivity index (χ2v) is 5.77. The molecule has 2 N–H and O–H groups in total. The summed E-state index contributed by atoms with van der Waals surface area (Å²) in [4.78, 5) is 13.4. The lowest BCUT2D eigenvalue weighted by Gasteiger charge is -2.30. The van der Waals surface area contributed by atoms with E-state index in [9.17, 15) is 9.90 Å². The maximum atomic E-state index is 11.2. The lowest BCUT2D eigenvalue weighted by atomic mass is 9.92. The molecule has 0 amide bonds. The minimum atomic E-state index is -1.47. The largest absolute Gasteiger partial charge is 0.467 e. The Balaban J connectivity index is 4.10. The first-order chi connectivity index (χ1) is 7.60. The number of hydrogen-bond donors (Lipinski definition) is 2. The number of carbonyl (C=O) groups excluding carboxylic acids is 1. The quantitative estimate of drug-likeness (QED) is 0.623. The predicted molar refractivity (Wildman–Crippen MR) is 67.8 cm³/mol. The van der Waals surface area contributed by atoms with E-state index >= 15 is 0 Å². The summed E-state index contributed by atoms with van der Waals surface area (Å²) < 4.78 is 4.53. The van der Waals surface area contributed by atoms with Gasteiger partial charge in [0.1, 0.15) is 0 Å². The molecule has 0 aliphatic carbocycles. The summed E-state index contributed by atoms with van der Waals surface area (Å²) >= 11 is 0. The van der Waals surface area contributed by atoms with Gasteiger partial charge in [-0.15, -0.1) is 0 Å². The Hall–Kier alpha value is -0.650. The SMILES string of the molecule is COC(=O)C(C)(O)CNCC(C)(C)CN(C)C. The topological polar surface area (TPSA) is 61.8 Å². The van der Waals surface area contributed by atoms with Gasteiger partial charge >= 0.3 is 5.97 Å². The summed E-state index contributed by atoms with van der Waals surface area (Å²) in [5.41, 5.74) is -1.39. The highest BCUT2D eigenvalue weighted by Gasteiger charge is 2.31. The Morgan fingerprint density at radius 1 is 1.29 bits per heavy atom. The van der Waals surface area contributed by atoms with E-state index in [1.807, 2.05) is 14.1 Å². The summed E-state index contributed by atoms with van der Waals surface area (Å²) in [5, 5.41) is 12.9. The highest BCUT2D eigenvalue weighted by molar-refractivity contribution is 5.78. The van der Waals surface area contributed by atoms with Crippen molar-refractivity contribution >= 4 is 5.97 Å². The maximum absolute atomic E-state index is 11.2. The molecular formula is C12H26N2O3. The molecule has 0 bridgehead atoms. The van der Waals surface area contributed by atoms with Crippen molar-refractivity contribution in [2.24, 2.45) is 5.41 Å². The van der Waals surface area contributed by atoms with Gasteiger partial charge < -0.3 is 20.1 Å². The fourth-order valence-corrected chi connectivity index (χ4v) is 1.85. The summed E-state index contributed by atoms with van der Waals surface area (Å²) in [7, 11) is 5.31. The van der Waals surface area contributed by atoms with E-state index in [1.54, 1.807) is 0 Å². The van der Waals surface area contributed by atoms with Crippen LogP contribution in [0.3, 0.4) is 0 Å². The second kappa shape index (κ2) is 6.33. The van der Waals surface area contributed by atoms with Crippen LogP contribution in [-0.4, -0.2) is 62.4 Å². The zero-order valence-electron chi connectivity index (χ0n) is 11.8. The molecule has 0 aromatic rings. The number of ether oxygens (including phenoxy) is 1. The van der Waals surface area contributed by atoms with E-state index < -0.39 is 11.6 Å². The molecule has 0 saturated heterocycles. The van der Waals surface area contributed by atoms with E-state index in [1.165, 1.54) is 14.0 Å². The van der Waals surface area contributed by atoms with Crippen molar-refractivity contribution in [3.05, 3.63) is 0 Å². The minimum absolute atomic E-state index is 0.0791. The molecule has 1 unspecified atom stereocenters. The van der Waals surface area contributed by atoms with Gasteiger partial charge in [0.05, 0.1) is 7.11 Å². The first kappa shape index (κ1) is 16.4. The number of esters is 1. The van der Waals surface area contributed by atoms with E-state index in [-0.39, 0.29) is 12.0 Å². The zero-order valence-corrected chi connectivity index (χ0v) is 11.8. The molecule has 0 spiro atoms. The van der Waals surface area contributed by atoms with Crippen LogP contribution in [0.25, 0.3) is 0 Å². The number of hydrogen-bond acceptors (Lipinski definition) is 5. The number of aliphatic hydroxyl groups is 1. The van der Waals surface area contributed by atoms with E-state index in [0.717, 1.165) is 13.1 Å². The molecule has 1 atom stereocenters. The Kier molecular flexibility index (Phi) is 6.09. The molecule has 0 fully saturated rings. The Labute approximate surface area is 104 Å². The highest BCUT2D eigenvalue weighted by atomic mass is 16.5. The summed E-state index contributed by atoms with van der Waals surface area (Å²) in [6.07, 6.45) is 0. The van der Waals surface area contributed by atoms with Crippen molar-refractivity contribution in [2.75, 3.05) is 40.8 Å². The lowest BCUT2D eigenvalue weighted by molar-refractivity contribution is -0.160. The number of nitrogens with zero attached hydrogens (tertiary/aromatic N) is 1. The normalized spacial score (nSPS) is 15.8. The first-order valence-corrected chi connectivity index (χ1v) is 5.77. The standard InChI is InChI=1S/C12H26N2O3/c1-11(2,9-14(4)5)7-13-8-12(3,16)10(15)17-6/h13,16H,7-9H2,1-6H3. The minimum Gasteiger partial charge on any atom is -0.467 e.